The van der Waals surface area contributed by atoms with Crippen molar-refractivity contribution in [2.45, 2.75) is 79.1 Å². The van der Waals surface area contributed by atoms with Gasteiger partial charge >= 0.3 is 5.97 Å². The Morgan fingerprint density at radius 3 is 1.62 bits per heavy atom. The molecular weight excluding hydrogens is 280 g/mol. The molecule has 0 aromatic carbocycles. The fourth-order valence-corrected chi connectivity index (χ4v) is 6.09. The molecule has 0 aromatic rings. The van der Waals surface area contributed by atoms with Gasteiger partial charge in [0.25, 0.3) is 0 Å². The van der Waals surface area contributed by atoms with Crippen LogP contribution in [-0.4, -0.2) is 28.3 Å². The van der Waals surface area contributed by atoms with E-state index in [0.29, 0.717) is 5.75 Å². The molecule has 0 amide bonds. The van der Waals surface area contributed by atoms with Crippen LogP contribution in [0.5, 0.6) is 0 Å². The highest BCUT2D eigenvalue weighted by atomic mass is 32.2. The van der Waals surface area contributed by atoms with E-state index in [9.17, 15) is 9.90 Å². The molecule has 0 aromatic heterocycles. The number of aliphatic carboxylic acids is 1. The van der Waals surface area contributed by atoms with E-state index in [-0.39, 0.29) is 10.9 Å². The molecule has 128 valence electrons. The minimum absolute atomic E-state index is 0.323. The highest BCUT2D eigenvalue weighted by molar-refractivity contribution is 8.17. The Labute approximate surface area is 135 Å². The Morgan fingerprint density at radius 1 is 0.905 bits per heavy atom. The van der Waals surface area contributed by atoms with Gasteiger partial charge in [-0.2, -0.15) is 0 Å². The predicted molar refractivity (Wildman–Crippen MR) is 97.8 cm³/mol. The first kappa shape index (κ1) is 20.8. The lowest BCUT2D eigenvalue weighted by atomic mass is 10.0. The maximum atomic E-state index is 11.2. The Bertz CT molecular complexity index is 238. The predicted octanol–water partition coefficient (Wildman–Crippen LogP) is 5.51. The summed E-state index contributed by atoms with van der Waals surface area (Å²) in [6, 6.07) is 0. The summed E-state index contributed by atoms with van der Waals surface area (Å²) in [5.41, 5.74) is 0. The lowest BCUT2D eigenvalue weighted by Gasteiger charge is -2.29. The van der Waals surface area contributed by atoms with E-state index < -0.39 is 5.97 Å². The van der Waals surface area contributed by atoms with Gasteiger partial charge in [0.2, 0.25) is 0 Å². The third-order valence-electron chi connectivity index (χ3n) is 4.48. The Balaban J connectivity index is 4.49. The zero-order valence-corrected chi connectivity index (χ0v) is 15.6. The van der Waals surface area contributed by atoms with Crippen LogP contribution < -0.4 is 0 Å². The van der Waals surface area contributed by atoms with Gasteiger partial charge in [0.1, 0.15) is 0 Å². The van der Waals surface area contributed by atoms with Crippen molar-refractivity contribution in [3.8, 4) is 0 Å². The van der Waals surface area contributed by atoms with Gasteiger partial charge in [-0.1, -0.05) is 66.2 Å². The van der Waals surface area contributed by atoms with Gasteiger partial charge in [-0.05, 0) is 36.2 Å². The zero-order valence-electron chi connectivity index (χ0n) is 14.7. The summed E-state index contributed by atoms with van der Waals surface area (Å²) < 4.78 is 0. The fraction of sp³-hybridized carbons (Fsp3) is 0.944. The van der Waals surface area contributed by atoms with Crippen molar-refractivity contribution in [3.05, 3.63) is 0 Å². The highest BCUT2D eigenvalue weighted by Gasteiger charge is 2.18. The monoisotopic (exact) mass is 318 g/mol. The standard InChI is InChI=1S/C18H38O2S/c1-5-9-11-16(7-3)13-21(15-18(19)20)14-17(8-4)12-10-6-2/h16-17,21H,5-15H2,1-4H3,(H,19,20). The van der Waals surface area contributed by atoms with E-state index in [0.717, 1.165) is 11.8 Å². The van der Waals surface area contributed by atoms with Crippen LogP contribution >= 0.6 is 10.9 Å². The van der Waals surface area contributed by atoms with Crippen molar-refractivity contribution in [2.75, 3.05) is 17.3 Å². The van der Waals surface area contributed by atoms with E-state index in [1.807, 2.05) is 0 Å². The van der Waals surface area contributed by atoms with Crippen molar-refractivity contribution in [3.63, 3.8) is 0 Å². The maximum absolute atomic E-state index is 11.2. The number of unbranched alkanes of at least 4 members (excludes halogenated alkanes) is 2. The van der Waals surface area contributed by atoms with Crippen LogP contribution in [0.15, 0.2) is 0 Å². The average molecular weight is 319 g/mol. The molecule has 0 aliphatic heterocycles. The quantitative estimate of drug-likeness (QED) is 0.415. The number of rotatable bonds is 14. The first-order valence-electron chi connectivity index (χ1n) is 9.01. The van der Waals surface area contributed by atoms with Crippen LogP contribution in [-0.2, 0) is 4.79 Å². The van der Waals surface area contributed by atoms with Gasteiger partial charge in [-0.25, -0.2) is 10.9 Å². The number of carboxylic acids is 1. The molecule has 0 heterocycles. The molecule has 2 unspecified atom stereocenters. The number of thiol groups is 1. The van der Waals surface area contributed by atoms with Crippen LogP contribution in [0.3, 0.4) is 0 Å². The van der Waals surface area contributed by atoms with Crippen LogP contribution in [0.1, 0.15) is 79.1 Å². The largest absolute Gasteiger partial charge is 0.481 e. The first-order chi connectivity index (χ1) is 10.1. The molecule has 0 saturated heterocycles. The van der Waals surface area contributed by atoms with Crippen molar-refractivity contribution in [2.24, 2.45) is 11.8 Å². The second-order valence-corrected chi connectivity index (χ2v) is 8.81. The second-order valence-electron chi connectivity index (χ2n) is 6.42. The zero-order chi connectivity index (χ0) is 16.1. The molecule has 0 saturated carbocycles. The average Bonchev–Trinajstić information content (AvgIpc) is 2.46. The Hall–Kier alpha value is -0.180. The highest BCUT2D eigenvalue weighted by Crippen LogP contribution is 2.35. The third kappa shape index (κ3) is 11.1. The van der Waals surface area contributed by atoms with Crippen molar-refractivity contribution in [1.82, 2.24) is 0 Å². The summed E-state index contributed by atoms with van der Waals surface area (Å²) in [5, 5.41) is 9.22. The molecule has 0 bridgehead atoms. The van der Waals surface area contributed by atoms with E-state index in [4.69, 9.17) is 0 Å². The van der Waals surface area contributed by atoms with E-state index in [2.05, 4.69) is 27.7 Å². The molecule has 2 nitrogen and oxygen atoms in total. The lowest BCUT2D eigenvalue weighted by molar-refractivity contribution is -0.133. The van der Waals surface area contributed by atoms with Crippen LogP contribution in [0.4, 0.5) is 0 Å². The molecule has 1 N–H and O–H groups in total. The minimum Gasteiger partial charge on any atom is -0.481 e. The molecule has 0 rings (SSSR count). The summed E-state index contributed by atoms with van der Waals surface area (Å²) in [4.78, 5) is 11.2. The molecule has 21 heavy (non-hydrogen) atoms. The van der Waals surface area contributed by atoms with Gasteiger partial charge in [-0.3, -0.25) is 4.79 Å². The van der Waals surface area contributed by atoms with Crippen LogP contribution in [0.25, 0.3) is 0 Å². The van der Waals surface area contributed by atoms with Gasteiger partial charge < -0.3 is 5.11 Å². The molecule has 0 radical (unpaired) electrons. The minimum atomic E-state index is -0.586. The lowest BCUT2D eigenvalue weighted by Crippen LogP contribution is -2.18. The smallest absolute Gasteiger partial charge is 0.311 e. The Morgan fingerprint density at radius 2 is 1.33 bits per heavy atom. The van der Waals surface area contributed by atoms with Crippen LogP contribution in [0, 0.1) is 11.8 Å². The summed E-state index contributed by atoms with van der Waals surface area (Å²) in [7, 11) is -0.323. The van der Waals surface area contributed by atoms with Gasteiger partial charge in [0, 0.05) is 0 Å². The number of hydrogen-bond acceptors (Lipinski definition) is 1. The van der Waals surface area contributed by atoms with Crippen LogP contribution in [0.2, 0.25) is 0 Å². The topological polar surface area (TPSA) is 37.3 Å². The number of carbonyl (C=O) groups is 1. The van der Waals surface area contributed by atoms with E-state index >= 15 is 0 Å². The van der Waals surface area contributed by atoms with Crippen molar-refractivity contribution >= 4 is 16.9 Å². The molecular formula is C18H38O2S. The summed E-state index contributed by atoms with van der Waals surface area (Å²) in [6.45, 7) is 9.02. The fourth-order valence-electron chi connectivity index (χ4n) is 2.96. The van der Waals surface area contributed by atoms with Gasteiger partial charge in [-0.15, -0.1) is 0 Å². The Kier molecular flexibility index (Phi) is 13.4. The maximum Gasteiger partial charge on any atom is 0.311 e. The third-order valence-corrected chi connectivity index (χ3v) is 7.26. The number of hydrogen-bond donors (Lipinski definition) is 2. The van der Waals surface area contributed by atoms with Crippen molar-refractivity contribution < 1.29 is 9.90 Å². The SMILES string of the molecule is CCCCC(CC)C[SH](CC(=O)O)CC(CC)CCCC. The molecule has 3 heteroatoms. The second kappa shape index (κ2) is 13.5. The van der Waals surface area contributed by atoms with E-state index in [1.165, 1.54) is 62.9 Å². The molecule has 0 aliphatic carbocycles. The summed E-state index contributed by atoms with van der Waals surface area (Å²) >= 11 is 0. The van der Waals surface area contributed by atoms with Gasteiger partial charge in [0.05, 0.1) is 5.75 Å². The first-order valence-corrected chi connectivity index (χ1v) is 10.9. The summed E-state index contributed by atoms with van der Waals surface area (Å²) in [5.74, 6) is 3.71. The molecule has 0 aliphatic rings. The van der Waals surface area contributed by atoms with Crippen molar-refractivity contribution in [1.29, 1.82) is 0 Å². The normalized spacial score (nSPS) is 16.5. The molecule has 0 fully saturated rings. The van der Waals surface area contributed by atoms with Gasteiger partial charge in [0.15, 0.2) is 0 Å². The molecule has 0 spiro atoms. The number of carboxylic acid groups (broad SMARTS) is 1. The summed E-state index contributed by atoms with van der Waals surface area (Å²) in [6.07, 6.45) is 10.1. The molecule has 2 atom stereocenters. The van der Waals surface area contributed by atoms with E-state index in [1.54, 1.807) is 0 Å².